The van der Waals surface area contributed by atoms with Gasteiger partial charge in [-0.25, -0.2) is 4.79 Å². The van der Waals surface area contributed by atoms with Crippen molar-refractivity contribution in [2.45, 2.75) is 25.3 Å². The molecule has 2 rings (SSSR count). The maximum absolute atomic E-state index is 12.3. The number of carbonyl (C=O) groups is 1. The van der Waals surface area contributed by atoms with Crippen LogP contribution in [0.5, 0.6) is 5.75 Å². The van der Waals surface area contributed by atoms with Gasteiger partial charge in [0, 0.05) is 19.0 Å². The van der Waals surface area contributed by atoms with Gasteiger partial charge in [0.15, 0.2) is 0 Å². The summed E-state index contributed by atoms with van der Waals surface area (Å²) in [6.07, 6.45) is 2.62. The Morgan fingerprint density at radius 2 is 2.20 bits per heavy atom. The summed E-state index contributed by atoms with van der Waals surface area (Å²) in [6.45, 7) is 0.557. The van der Waals surface area contributed by atoms with Gasteiger partial charge in [0.2, 0.25) is 0 Å². The molecule has 6 heteroatoms. The minimum absolute atomic E-state index is 0.131. The summed E-state index contributed by atoms with van der Waals surface area (Å²) in [4.78, 5) is 14.6. The Bertz CT molecular complexity index is 503. The predicted molar refractivity (Wildman–Crippen MR) is 83.1 cm³/mol. The summed E-state index contributed by atoms with van der Waals surface area (Å²) in [5.41, 5.74) is 6.18. The number of benzene rings is 1. The fraction of sp³-hybridized carbons (Fsp3) is 0.429. The zero-order valence-corrected chi connectivity index (χ0v) is 12.3. The molecule has 0 radical (unpaired) electrons. The Morgan fingerprint density at radius 3 is 2.80 bits per heavy atom. The predicted octanol–water partition coefficient (Wildman–Crippen LogP) is 2.37. The fourth-order valence-corrected chi connectivity index (χ4v) is 2.09. The summed E-state index contributed by atoms with van der Waals surface area (Å²) in [5, 5.41) is 2.88. The highest BCUT2D eigenvalue weighted by Gasteiger charge is 2.32. The highest BCUT2D eigenvalue weighted by Crippen LogP contribution is 2.29. The molecule has 108 valence electrons. The molecule has 1 fully saturated rings. The zero-order chi connectivity index (χ0) is 14.5. The van der Waals surface area contributed by atoms with E-state index in [2.05, 4.69) is 5.32 Å². The number of nitrogens with two attached hydrogens (primary N) is 1. The van der Waals surface area contributed by atoms with Crippen molar-refractivity contribution in [1.29, 1.82) is 0 Å². The Labute approximate surface area is 124 Å². The topological polar surface area (TPSA) is 67.6 Å². The highest BCUT2D eigenvalue weighted by atomic mass is 32.1. The van der Waals surface area contributed by atoms with Crippen molar-refractivity contribution in [2.75, 3.05) is 19.0 Å². The van der Waals surface area contributed by atoms with Crippen molar-refractivity contribution in [3.05, 3.63) is 24.3 Å². The highest BCUT2D eigenvalue weighted by molar-refractivity contribution is 7.80. The standard InChI is InChI=1S/C14H19N3O2S/c1-19-12-5-3-2-4-11(12)16-14(18)17(10-6-7-10)9-8-13(15)20/h2-5,10H,6-9H2,1H3,(H2,15,20)(H,16,18). The van der Waals surface area contributed by atoms with Crippen molar-refractivity contribution in [3.8, 4) is 5.75 Å². The van der Waals surface area contributed by atoms with E-state index in [1.165, 1.54) is 0 Å². The molecule has 2 amide bonds. The third-order valence-corrected chi connectivity index (χ3v) is 3.40. The first-order valence-electron chi connectivity index (χ1n) is 6.60. The molecule has 0 aliphatic heterocycles. The molecular weight excluding hydrogens is 274 g/mol. The normalized spacial score (nSPS) is 13.7. The first-order chi connectivity index (χ1) is 9.61. The van der Waals surface area contributed by atoms with Gasteiger partial charge in [0.05, 0.1) is 17.8 Å². The number of anilines is 1. The monoisotopic (exact) mass is 293 g/mol. The molecular formula is C14H19N3O2S. The lowest BCUT2D eigenvalue weighted by atomic mass is 10.3. The van der Waals surface area contributed by atoms with Gasteiger partial charge in [0.25, 0.3) is 0 Å². The third kappa shape index (κ3) is 3.84. The summed E-state index contributed by atoms with van der Waals surface area (Å²) < 4.78 is 5.23. The van der Waals surface area contributed by atoms with E-state index in [9.17, 15) is 4.79 Å². The summed E-state index contributed by atoms with van der Waals surface area (Å²) >= 11 is 4.88. The number of carbonyl (C=O) groups excluding carboxylic acids is 1. The second kappa shape index (κ2) is 6.56. The van der Waals surface area contributed by atoms with Gasteiger partial charge in [0.1, 0.15) is 5.75 Å². The molecule has 0 heterocycles. The van der Waals surface area contributed by atoms with Crippen molar-refractivity contribution >= 4 is 28.9 Å². The maximum atomic E-state index is 12.3. The number of ether oxygens (including phenoxy) is 1. The number of hydrogen-bond donors (Lipinski definition) is 2. The molecule has 3 N–H and O–H groups in total. The summed E-state index contributed by atoms with van der Waals surface area (Å²) in [7, 11) is 1.58. The molecule has 0 atom stereocenters. The lowest BCUT2D eigenvalue weighted by Gasteiger charge is -2.23. The SMILES string of the molecule is COc1ccccc1NC(=O)N(CCC(N)=S)C1CC1. The maximum Gasteiger partial charge on any atom is 0.322 e. The molecule has 0 spiro atoms. The van der Waals surface area contributed by atoms with E-state index < -0.39 is 0 Å². The molecule has 5 nitrogen and oxygen atoms in total. The second-order valence-electron chi connectivity index (χ2n) is 4.77. The molecule has 1 aliphatic carbocycles. The quantitative estimate of drug-likeness (QED) is 0.790. The molecule has 0 saturated heterocycles. The van der Waals surface area contributed by atoms with Crippen molar-refractivity contribution in [1.82, 2.24) is 4.90 Å². The number of thiocarbonyl (C=S) groups is 1. The average Bonchev–Trinajstić information content (AvgIpc) is 3.24. The van der Waals surface area contributed by atoms with Gasteiger partial charge in [-0.15, -0.1) is 0 Å². The van der Waals surface area contributed by atoms with Gasteiger partial charge >= 0.3 is 6.03 Å². The minimum atomic E-state index is -0.131. The second-order valence-corrected chi connectivity index (χ2v) is 5.30. The van der Waals surface area contributed by atoms with Gasteiger partial charge in [-0.05, 0) is 25.0 Å². The van der Waals surface area contributed by atoms with E-state index in [1.54, 1.807) is 12.0 Å². The minimum Gasteiger partial charge on any atom is -0.495 e. The van der Waals surface area contributed by atoms with Gasteiger partial charge < -0.3 is 20.7 Å². The largest absolute Gasteiger partial charge is 0.495 e. The van der Waals surface area contributed by atoms with E-state index >= 15 is 0 Å². The number of amides is 2. The molecule has 20 heavy (non-hydrogen) atoms. The van der Waals surface area contributed by atoms with Gasteiger partial charge in [-0.1, -0.05) is 24.4 Å². The van der Waals surface area contributed by atoms with Crippen LogP contribution in [0.4, 0.5) is 10.5 Å². The van der Waals surface area contributed by atoms with Crippen LogP contribution in [0.1, 0.15) is 19.3 Å². The first-order valence-corrected chi connectivity index (χ1v) is 7.01. The Balaban J connectivity index is 2.02. The number of urea groups is 1. The zero-order valence-electron chi connectivity index (χ0n) is 11.5. The van der Waals surface area contributed by atoms with Crippen LogP contribution in [0.2, 0.25) is 0 Å². The molecule has 0 bridgehead atoms. The number of methoxy groups -OCH3 is 1. The summed E-state index contributed by atoms with van der Waals surface area (Å²) in [6, 6.07) is 7.52. The molecule has 1 aromatic rings. The van der Waals surface area contributed by atoms with Crippen LogP contribution in [-0.4, -0.2) is 35.6 Å². The number of para-hydroxylation sites is 2. The number of nitrogens with zero attached hydrogens (tertiary/aromatic N) is 1. The lowest BCUT2D eigenvalue weighted by Crippen LogP contribution is -2.38. The van der Waals surface area contributed by atoms with Gasteiger partial charge in [-0.2, -0.15) is 0 Å². The average molecular weight is 293 g/mol. The van der Waals surface area contributed by atoms with Crippen LogP contribution >= 0.6 is 12.2 Å². The Kier molecular flexibility index (Phi) is 4.79. The molecule has 1 saturated carbocycles. The molecule has 0 unspecified atom stereocenters. The van der Waals surface area contributed by atoms with E-state index in [-0.39, 0.29) is 6.03 Å². The Hall–Kier alpha value is -1.82. The lowest BCUT2D eigenvalue weighted by molar-refractivity contribution is 0.210. The van der Waals surface area contributed by atoms with E-state index in [0.29, 0.717) is 35.4 Å². The third-order valence-electron chi connectivity index (χ3n) is 3.20. The van der Waals surface area contributed by atoms with E-state index in [0.717, 1.165) is 12.8 Å². The first kappa shape index (κ1) is 14.6. The smallest absolute Gasteiger partial charge is 0.322 e. The Morgan fingerprint density at radius 1 is 1.50 bits per heavy atom. The van der Waals surface area contributed by atoms with Crippen LogP contribution in [0.25, 0.3) is 0 Å². The number of hydrogen-bond acceptors (Lipinski definition) is 3. The van der Waals surface area contributed by atoms with Crippen molar-refractivity contribution in [3.63, 3.8) is 0 Å². The van der Waals surface area contributed by atoms with Gasteiger partial charge in [-0.3, -0.25) is 0 Å². The van der Waals surface area contributed by atoms with Crippen molar-refractivity contribution in [2.24, 2.45) is 5.73 Å². The van der Waals surface area contributed by atoms with E-state index in [1.807, 2.05) is 24.3 Å². The van der Waals surface area contributed by atoms with E-state index in [4.69, 9.17) is 22.7 Å². The van der Waals surface area contributed by atoms with Crippen LogP contribution in [-0.2, 0) is 0 Å². The number of nitrogens with one attached hydrogen (secondary N) is 1. The fourth-order valence-electron chi connectivity index (χ4n) is 2.00. The molecule has 0 aromatic heterocycles. The number of rotatable bonds is 6. The van der Waals surface area contributed by atoms with Crippen LogP contribution in [0.15, 0.2) is 24.3 Å². The summed E-state index contributed by atoms with van der Waals surface area (Å²) in [5.74, 6) is 0.644. The van der Waals surface area contributed by atoms with Crippen LogP contribution < -0.4 is 15.8 Å². The molecule has 1 aromatic carbocycles. The van der Waals surface area contributed by atoms with Crippen LogP contribution in [0.3, 0.4) is 0 Å². The molecule has 1 aliphatic rings. The van der Waals surface area contributed by atoms with Crippen LogP contribution in [0, 0.1) is 0 Å². The van der Waals surface area contributed by atoms with Crippen molar-refractivity contribution < 1.29 is 9.53 Å².